The molecule has 1 aromatic carbocycles. The van der Waals surface area contributed by atoms with Gasteiger partial charge in [-0.15, -0.1) is 11.3 Å². The summed E-state index contributed by atoms with van der Waals surface area (Å²) >= 11 is 7.05. The number of aryl methyl sites for hydroxylation is 1. The van der Waals surface area contributed by atoms with E-state index in [9.17, 15) is 4.79 Å². The SMILES string of the molecule is Cc1ccccc1-n1c(=S)[nH]c2sc3c(c2c1=O)CC(C)(C)OC3. The summed E-state index contributed by atoms with van der Waals surface area (Å²) in [6, 6.07) is 7.80. The highest BCUT2D eigenvalue weighted by Gasteiger charge is 2.30. The summed E-state index contributed by atoms with van der Waals surface area (Å²) in [6.07, 6.45) is 0.732. The minimum Gasteiger partial charge on any atom is -0.370 e. The molecule has 6 heteroatoms. The van der Waals surface area contributed by atoms with Gasteiger partial charge in [0.1, 0.15) is 4.83 Å². The molecule has 0 bridgehead atoms. The van der Waals surface area contributed by atoms with Crippen LogP contribution in [0.3, 0.4) is 0 Å². The van der Waals surface area contributed by atoms with Crippen molar-refractivity contribution in [1.82, 2.24) is 9.55 Å². The van der Waals surface area contributed by atoms with Crippen molar-refractivity contribution in [3.8, 4) is 5.69 Å². The summed E-state index contributed by atoms with van der Waals surface area (Å²) in [4.78, 5) is 18.5. The fourth-order valence-electron chi connectivity index (χ4n) is 3.26. The van der Waals surface area contributed by atoms with Crippen molar-refractivity contribution >= 4 is 33.8 Å². The van der Waals surface area contributed by atoms with Crippen LogP contribution in [0.15, 0.2) is 29.1 Å². The van der Waals surface area contributed by atoms with Crippen LogP contribution in [-0.4, -0.2) is 15.2 Å². The molecule has 0 radical (unpaired) electrons. The molecule has 0 fully saturated rings. The van der Waals surface area contributed by atoms with E-state index in [0.29, 0.717) is 11.4 Å². The number of fused-ring (bicyclic) bond motifs is 3. The molecule has 4 rings (SSSR count). The zero-order chi connectivity index (χ0) is 17.1. The average molecular weight is 358 g/mol. The van der Waals surface area contributed by atoms with Gasteiger partial charge in [0.05, 0.1) is 23.3 Å². The van der Waals surface area contributed by atoms with E-state index in [4.69, 9.17) is 17.0 Å². The van der Waals surface area contributed by atoms with Crippen LogP contribution in [0.25, 0.3) is 15.9 Å². The van der Waals surface area contributed by atoms with Gasteiger partial charge in [-0.2, -0.15) is 0 Å². The fourth-order valence-corrected chi connectivity index (χ4v) is 4.73. The quantitative estimate of drug-likeness (QED) is 0.661. The first kappa shape index (κ1) is 15.7. The minimum atomic E-state index is -0.256. The van der Waals surface area contributed by atoms with E-state index in [-0.39, 0.29) is 11.2 Å². The molecule has 124 valence electrons. The summed E-state index contributed by atoms with van der Waals surface area (Å²) in [6.45, 7) is 6.65. The lowest BCUT2D eigenvalue weighted by Gasteiger charge is -2.29. The molecule has 0 amide bonds. The molecular weight excluding hydrogens is 340 g/mol. The Balaban J connectivity index is 2.07. The topological polar surface area (TPSA) is 47.0 Å². The molecule has 1 N–H and O–H groups in total. The molecule has 2 aromatic heterocycles. The van der Waals surface area contributed by atoms with Crippen LogP contribution < -0.4 is 5.56 Å². The number of H-pyrrole nitrogens is 1. The van der Waals surface area contributed by atoms with Crippen molar-refractivity contribution < 1.29 is 4.74 Å². The Kier molecular flexibility index (Phi) is 3.53. The summed E-state index contributed by atoms with van der Waals surface area (Å²) < 4.78 is 7.93. The van der Waals surface area contributed by atoms with Crippen LogP contribution in [0.4, 0.5) is 0 Å². The number of hydrogen-bond donors (Lipinski definition) is 1. The summed E-state index contributed by atoms with van der Waals surface area (Å²) in [5.41, 5.74) is 2.65. The van der Waals surface area contributed by atoms with Crippen LogP contribution in [0.2, 0.25) is 0 Å². The number of nitrogens with zero attached hydrogens (tertiary/aromatic N) is 1. The van der Waals surface area contributed by atoms with Crippen LogP contribution in [0, 0.1) is 11.7 Å². The number of thiophene rings is 1. The lowest BCUT2D eigenvalue weighted by molar-refractivity contribution is -0.0379. The molecule has 4 nitrogen and oxygen atoms in total. The molecule has 1 aliphatic heterocycles. The smallest absolute Gasteiger partial charge is 0.267 e. The van der Waals surface area contributed by atoms with Gasteiger partial charge in [-0.25, -0.2) is 0 Å². The molecule has 3 heterocycles. The van der Waals surface area contributed by atoms with Crippen molar-refractivity contribution in [1.29, 1.82) is 0 Å². The molecule has 3 aromatic rings. The van der Waals surface area contributed by atoms with Gasteiger partial charge in [0.15, 0.2) is 4.77 Å². The fraction of sp³-hybridized carbons (Fsp3) is 0.333. The predicted molar refractivity (Wildman–Crippen MR) is 99.9 cm³/mol. The predicted octanol–water partition coefficient (Wildman–Crippen LogP) is 4.27. The van der Waals surface area contributed by atoms with Crippen LogP contribution in [0.1, 0.15) is 29.9 Å². The molecule has 0 spiro atoms. The Labute approximate surface area is 148 Å². The molecule has 0 saturated heterocycles. The lowest BCUT2D eigenvalue weighted by atomic mass is 9.94. The number of para-hydroxylation sites is 1. The first-order chi connectivity index (χ1) is 11.4. The maximum atomic E-state index is 13.3. The van der Waals surface area contributed by atoms with E-state index in [0.717, 1.165) is 38.3 Å². The van der Waals surface area contributed by atoms with Gasteiger partial charge in [0.2, 0.25) is 0 Å². The van der Waals surface area contributed by atoms with Gasteiger partial charge >= 0.3 is 0 Å². The number of benzene rings is 1. The van der Waals surface area contributed by atoms with E-state index in [1.54, 1.807) is 15.9 Å². The van der Waals surface area contributed by atoms with Gasteiger partial charge in [0, 0.05) is 11.3 Å². The maximum Gasteiger partial charge on any atom is 0.267 e. The number of ether oxygens (including phenoxy) is 1. The van der Waals surface area contributed by atoms with Crippen molar-refractivity contribution in [2.45, 2.75) is 39.4 Å². The number of aromatic nitrogens is 2. The van der Waals surface area contributed by atoms with Crippen molar-refractivity contribution in [2.24, 2.45) is 0 Å². The summed E-state index contributed by atoms with van der Waals surface area (Å²) in [7, 11) is 0. The van der Waals surface area contributed by atoms with Gasteiger partial charge in [-0.3, -0.25) is 9.36 Å². The molecule has 0 unspecified atom stereocenters. The van der Waals surface area contributed by atoms with E-state index in [2.05, 4.69) is 18.8 Å². The maximum absolute atomic E-state index is 13.3. The summed E-state index contributed by atoms with van der Waals surface area (Å²) in [5, 5.41) is 0.753. The monoisotopic (exact) mass is 358 g/mol. The molecule has 1 aliphatic rings. The van der Waals surface area contributed by atoms with Gasteiger partial charge in [0.25, 0.3) is 5.56 Å². The third kappa shape index (κ3) is 2.37. The first-order valence-corrected chi connectivity index (χ1v) is 9.09. The van der Waals surface area contributed by atoms with Crippen LogP contribution in [-0.2, 0) is 17.8 Å². The zero-order valence-electron chi connectivity index (χ0n) is 13.8. The Hall–Kier alpha value is -1.76. The second-order valence-corrected chi connectivity index (χ2v) is 8.28. The minimum absolute atomic E-state index is 0.0433. The molecule has 0 atom stereocenters. The highest BCUT2D eigenvalue weighted by Crippen LogP contribution is 2.36. The second-order valence-electron chi connectivity index (χ2n) is 6.79. The van der Waals surface area contributed by atoms with Crippen LogP contribution >= 0.6 is 23.6 Å². The molecular formula is C18H18N2O2S2. The normalized spacial score (nSPS) is 16.3. The highest BCUT2D eigenvalue weighted by atomic mass is 32.1. The molecule has 24 heavy (non-hydrogen) atoms. The van der Waals surface area contributed by atoms with Gasteiger partial charge in [-0.1, -0.05) is 18.2 Å². The third-order valence-corrected chi connectivity index (χ3v) is 5.89. The van der Waals surface area contributed by atoms with Gasteiger partial charge in [-0.05, 0) is 50.2 Å². The average Bonchev–Trinajstić information content (AvgIpc) is 2.85. The molecule has 0 aliphatic carbocycles. The Bertz CT molecular complexity index is 1070. The van der Waals surface area contributed by atoms with Crippen LogP contribution in [0.5, 0.6) is 0 Å². The van der Waals surface area contributed by atoms with E-state index in [1.807, 2.05) is 31.2 Å². The Morgan fingerprint density at radius 1 is 1.33 bits per heavy atom. The van der Waals surface area contributed by atoms with E-state index >= 15 is 0 Å². The number of nitrogens with one attached hydrogen (secondary N) is 1. The number of aromatic amines is 1. The first-order valence-electron chi connectivity index (χ1n) is 7.87. The lowest BCUT2D eigenvalue weighted by Crippen LogP contribution is -2.32. The van der Waals surface area contributed by atoms with Crippen molar-refractivity contribution in [2.75, 3.05) is 0 Å². The zero-order valence-corrected chi connectivity index (χ0v) is 15.4. The Morgan fingerprint density at radius 3 is 2.83 bits per heavy atom. The summed E-state index contributed by atoms with van der Waals surface area (Å²) in [5.74, 6) is 0. The number of hydrogen-bond acceptors (Lipinski definition) is 4. The van der Waals surface area contributed by atoms with E-state index < -0.39 is 0 Å². The third-order valence-electron chi connectivity index (χ3n) is 4.48. The molecule has 0 saturated carbocycles. The highest BCUT2D eigenvalue weighted by molar-refractivity contribution is 7.71. The largest absolute Gasteiger partial charge is 0.370 e. The van der Waals surface area contributed by atoms with Crippen molar-refractivity contribution in [3.05, 3.63) is 55.4 Å². The van der Waals surface area contributed by atoms with Gasteiger partial charge < -0.3 is 9.72 Å². The number of rotatable bonds is 1. The Morgan fingerprint density at radius 2 is 2.08 bits per heavy atom. The second kappa shape index (κ2) is 5.37. The van der Waals surface area contributed by atoms with E-state index in [1.165, 1.54) is 0 Å². The van der Waals surface area contributed by atoms with Crippen molar-refractivity contribution in [3.63, 3.8) is 0 Å². The standard InChI is InChI=1S/C18H18N2O2S2/c1-10-6-4-5-7-12(10)20-16(21)14-11-8-18(2,3)22-9-13(11)24-15(14)19-17(20)23/h4-7H,8-9H2,1-3H3,(H,19,23).